The number of nitrogens with zero attached hydrogens (tertiary/aromatic N) is 2. The fourth-order valence-electron chi connectivity index (χ4n) is 2.91. The molecule has 0 aliphatic heterocycles. The Morgan fingerprint density at radius 1 is 1.12 bits per heavy atom. The van der Waals surface area contributed by atoms with E-state index in [9.17, 15) is 23.1 Å². The van der Waals surface area contributed by atoms with E-state index in [1.807, 2.05) is 6.92 Å². The average Bonchev–Trinajstić information content (AvgIpc) is 2.61. The van der Waals surface area contributed by atoms with Crippen LogP contribution < -0.4 is 4.90 Å². The van der Waals surface area contributed by atoms with Crippen LogP contribution in [-0.2, 0) is 6.18 Å². The molecule has 4 nitrogen and oxygen atoms in total. The van der Waals surface area contributed by atoms with Gasteiger partial charge >= 0.3 is 12.1 Å². The number of pyridine rings is 1. The van der Waals surface area contributed by atoms with Gasteiger partial charge < -0.3 is 10.0 Å². The molecular formula is C19H15F3N2O2. The summed E-state index contributed by atoms with van der Waals surface area (Å²) < 4.78 is 38.8. The minimum atomic E-state index is -4.45. The SMILES string of the molecule is CCN(c1ccccc1C(=O)O)c1ccnc2cc(C(F)(F)F)ccc12. The van der Waals surface area contributed by atoms with Crippen molar-refractivity contribution in [1.29, 1.82) is 0 Å². The van der Waals surface area contributed by atoms with Crippen molar-refractivity contribution >= 4 is 28.2 Å². The number of aromatic carboxylic acids is 1. The highest BCUT2D eigenvalue weighted by Gasteiger charge is 2.31. The van der Waals surface area contributed by atoms with Gasteiger partial charge in [0.15, 0.2) is 0 Å². The number of aromatic nitrogens is 1. The van der Waals surface area contributed by atoms with Crippen LogP contribution in [0.25, 0.3) is 10.9 Å². The molecule has 26 heavy (non-hydrogen) atoms. The summed E-state index contributed by atoms with van der Waals surface area (Å²) >= 11 is 0. The van der Waals surface area contributed by atoms with Gasteiger partial charge in [-0.25, -0.2) is 4.79 Å². The molecule has 134 valence electrons. The number of para-hydroxylation sites is 1. The van der Waals surface area contributed by atoms with Crippen LogP contribution in [0.4, 0.5) is 24.5 Å². The van der Waals surface area contributed by atoms with E-state index >= 15 is 0 Å². The van der Waals surface area contributed by atoms with Gasteiger partial charge in [0.05, 0.1) is 28.0 Å². The first-order valence-corrected chi connectivity index (χ1v) is 7.88. The lowest BCUT2D eigenvalue weighted by Gasteiger charge is -2.26. The summed E-state index contributed by atoms with van der Waals surface area (Å²) in [5.74, 6) is -1.07. The molecule has 1 heterocycles. The average molecular weight is 360 g/mol. The maximum absolute atomic E-state index is 12.9. The summed E-state index contributed by atoms with van der Waals surface area (Å²) in [4.78, 5) is 17.3. The molecule has 1 aromatic heterocycles. The molecule has 0 unspecified atom stereocenters. The normalized spacial score (nSPS) is 11.5. The van der Waals surface area contributed by atoms with Crippen molar-refractivity contribution in [3.05, 3.63) is 65.9 Å². The quantitative estimate of drug-likeness (QED) is 0.702. The van der Waals surface area contributed by atoms with Gasteiger partial charge in [-0.05, 0) is 37.3 Å². The van der Waals surface area contributed by atoms with E-state index in [1.165, 1.54) is 18.3 Å². The molecule has 0 bridgehead atoms. The lowest BCUT2D eigenvalue weighted by molar-refractivity contribution is -0.137. The first-order chi connectivity index (χ1) is 12.3. The lowest BCUT2D eigenvalue weighted by Crippen LogP contribution is -2.19. The number of hydrogen-bond donors (Lipinski definition) is 1. The van der Waals surface area contributed by atoms with Crippen LogP contribution in [0.1, 0.15) is 22.8 Å². The molecule has 0 aliphatic rings. The monoisotopic (exact) mass is 360 g/mol. The Kier molecular flexibility index (Phi) is 4.54. The smallest absolute Gasteiger partial charge is 0.416 e. The number of hydrogen-bond acceptors (Lipinski definition) is 3. The minimum Gasteiger partial charge on any atom is -0.478 e. The molecule has 0 amide bonds. The predicted molar refractivity (Wildman–Crippen MR) is 92.8 cm³/mol. The summed E-state index contributed by atoms with van der Waals surface area (Å²) in [6, 6.07) is 11.5. The number of alkyl halides is 3. The van der Waals surface area contributed by atoms with E-state index in [0.717, 1.165) is 12.1 Å². The zero-order valence-electron chi connectivity index (χ0n) is 13.8. The Balaban J connectivity index is 2.19. The minimum absolute atomic E-state index is 0.117. The molecule has 3 aromatic rings. The third kappa shape index (κ3) is 3.20. The largest absolute Gasteiger partial charge is 0.478 e. The number of rotatable bonds is 4. The van der Waals surface area contributed by atoms with Crippen LogP contribution in [0.3, 0.4) is 0 Å². The number of anilines is 2. The van der Waals surface area contributed by atoms with Gasteiger partial charge in [0, 0.05) is 18.1 Å². The van der Waals surface area contributed by atoms with E-state index in [-0.39, 0.29) is 11.1 Å². The van der Waals surface area contributed by atoms with E-state index in [4.69, 9.17) is 0 Å². The van der Waals surface area contributed by atoms with E-state index in [1.54, 1.807) is 29.2 Å². The first kappa shape index (κ1) is 17.7. The summed E-state index contributed by atoms with van der Waals surface area (Å²) in [5.41, 5.74) is 0.605. The topological polar surface area (TPSA) is 53.4 Å². The Morgan fingerprint density at radius 2 is 1.85 bits per heavy atom. The number of fused-ring (bicyclic) bond motifs is 1. The number of benzene rings is 2. The maximum Gasteiger partial charge on any atom is 0.416 e. The zero-order valence-corrected chi connectivity index (χ0v) is 13.8. The highest BCUT2D eigenvalue weighted by Crippen LogP contribution is 2.36. The number of carboxylic acid groups (broad SMARTS) is 1. The Morgan fingerprint density at radius 3 is 2.50 bits per heavy atom. The van der Waals surface area contributed by atoms with Gasteiger partial charge in [0.1, 0.15) is 0 Å². The number of carboxylic acids is 1. The molecule has 1 N–H and O–H groups in total. The summed E-state index contributed by atoms with van der Waals surface area (Å²) in [6.45, 7) is 2.28. The van der Waals surface area contributed by atoms with Crippen LogP contribution in [0, 0.1) is 0 Å². The zero-order chi connectivity index (χ0) is 18.9. The Labute approximate surface area is 147 Å². The molecular weight excluding hydrogens is 345 g/mol. The van der Waals surface area contributed by atoms with Crippen LogP contribution in [0.2, 0.25) is 0 Å². The van der Waals surface area contributed by atoms with Crippen molar-refractivity contribution in [2.24, 2.45) is 0 Å². The van der Waals surface area contributed by atoms with E-state index in [0.29, 0.717) is 23.3 Å². The number of carbonyl (C=O) groups is 1. The Bertz CT molecular complexity index is 970. The fraction of sp³-hybridized carbons (Fsp3) is 0.158. The van der Waals surface area contributed by atoms with Gasteiger partial charge in [0.25, 0.3) is 0 Å². The van der Waals surface area contributed by atoms with Crippen molar-refractivity contribution in [1.82, 2.24) is 4.98 Å². The van der Waals surface area contributed by atoms with Crippen molar-refractivity contribution in [2.75, 3.05) is 11.4 Å². The highest BCUT2D eigenvalue weighted by atomic mass is 19.4. The van der Waals surface area contributed by atoms with Crippen molar-refractivity contribution in [3.8, 4) is 0 Å². The molecule has 3 rings (SSSR count). The molecule has 0 saturated heterocycles. The second-order valence-electron chi connectivity index (χ2n) is 5.63. The predicted octanol–water partition coefficient (Wildman–Crippen LogP) is 5.11. The maximum atomic E-state index is 12.9. The standard InChI is InChI=1S/C19H15F3N2O2/c1-2-24(16-6-4-3-5-14(16)18(25)26)17-9-10-23-15-11-12(19(20,21)22)7-8-13(15)17/h3-11H,2H2,1H3,(H,25,26). The molecule has 0 aliphatic carbocycles. The molecule has 0 spiro atoms. The van der Waals surface area contributed by atoms with Gasteiger partial charge in [0.2, 0.25) is 0 Å². The third-order valence-corrected chi connectivity index (χ3v) is 4.08. The first-order valence-electron chi connectivity index (χ1n) is 7.88. The second-order valence-corrected chi connectivity index (χ2v) is 5.63. The molecule has 0 radical (unpaired) electrons. The van der Waals surface area contributed by atoms with Crippen LogP contribution in [0.5, 0.6) is 0 Å². The van der Waals surface area contributed by atoms with Crippen molar-refractivity contribution in [2.45, 2.75) is 13.1 Å². The van der Waals surface area contributed by atoms with Crippen molar-refractivity contribution < 1.29 is 23.1 Å². The van der Waals surface area contributed by atoms with E-state index in [2.05, 4.69) is 4.98 Å². The summed E-state index contributed by atoms with van der Waals surface area (Å²) in [5, 5.41) is 9.95. The van der Waals surface area contributed by atoms with E-state index < -0.39 is 17.7 Å². The second kappa shape index (κ2) is 6.67. The van der Waals surface area contributed by atoms with Gasteiger partial charge in [-0.1, -0.05) is 18.2 Å². The molecule has 7 heteroatoms. The highest BCUT2D eigenvalue weighted by molar-refractivity contribution is 5.99. The molecule has 0 saturated carbocycles. The van der Waals surface area contributed by atoms with Crippen molar-refractivity contribution in [3.63, 3.8) is 0 Å². The summed E-state index contributed by atoms with van der Waals surface area (Å²) in [7, 11) is 0. The van der Waals surface area contributed by atoms with Crippen LogP contribution >= 0.6 is 0 Å². The van der Waals surface area contributed by atoms with Gasteiger partial charge in [-0.15, -0.1) is 0 Å². The van der Waals surface area contributed by atoms with Gasteiger partial charge in [-0.3, -0.25) is 4.98 Å². The molecule has 0 fully saturated rings. The number of halogens is 3. The lowest BCUT2D eigenvalue weighted by atomic mass is 10.1. The van der Waals surface area contributed by atoms with Crippen LogP contribution in [-0.4, -0.2) is 22.6 Å². The molecule has 2 aromatic carbocycles. The molecule has 0 atom stereocenters. The van der Waals surface area contributed by atoms with Gasteiger partial charge in [-0.2, -0.15) is 13.2 Å². The summed E-state index contributed by atoms with van der Waals surface area (Å²) in [6.07, 6.45) is -3.03. The van der Waals surface area contributed by atoms with Crippen LogP contribution in [0.15, 0.2) is 54.7 Å². The third-order valence-electron chi connectivity index (χ3n) is 4.08. The Hall–Kier alpha value is -3.09. The fourth-order valence-corrected chi connectivity index (χ4v) is 2.91.